The van der Waals surface area contributed by atoms with Crippen LogP contribution in [0.3, 0.4) is 0 Å². The first-order valence-electron chi connectivity index (χ1n) is 5.46. The average molecular weight is 242 g/mol. The average Bonchev–Trinajstić information content (AvgIpc) is 2.14. The molecular weight excluding hydrogens is 226 g/mol. The molecule has 0 aliphatic carbocycles. The molecule has 1 aromatic rings. The van der Waals surface area contributed by atoms with E-state index >= 15 is 0 Å². The van der Waals surface area contributed by atoms with Crippen LogP contribution in [0.2, 0.25) is 5.15 Å². The summed E-state index contributed by atoms with van der Waals surface area (Å²) < 4.78 is 5.68. The summed E-state index contributed by atoms with van der Waals surface area (Å²) >= 11 is 5.93. The van der Waals surface area contributed by atoms with Crippen LogP contribution < -0.4 is 4.90 Å². The Hall–Kier alpha value is -0.870. The summed E-state index contributed by atoms with van der Waals surface area (Å²) in [6.07, 6.45) is 0.440. The van der Waals surface area contributed by atoms with Gasteiger partial charge in [0, 0.05) is 19.2 Å². The van der Waals surface area contributed by atoms with E-state index in [2.05, 4.69) is 28.7 Å². The fraction of sp³-hybridized carbons (Fsp3) is 0.636. The maximum atomic E-state index is 5.93. The summed E-state index contributed by atoms with van der Waals surface area (Å²) in [5.41, 5.74) is 0. The minimum atomic E-state index is 0.220. The van der Waals surface area contributed by atoms with Crippen molar-refractivity contribution in [3.63, 3.8) is 0 Å². The molecule has 0 saturated carbocycles. The Balaban J connectivity index is 2.22. The Morgan fingerprint density at radius 2 is 1.94 bits per heavy atom. The predicted molar refractivity (Wildman–Crippen MR) is 64.0 cm³/mol. The van der Waals surface area contributed by atoms with Crippen LogP contribution in [0.1, 0.15) is 19.7 Å². The monoisotopic (exact) mass is 241 g/mol. The lowest BCUT2D eigenvalue weighted by atomic mass is 10.2. The van der Waals surface area contributed by atoms with E-state index in [9.17, 15) is 0 Å². The third-order valence-electron chi connectivity index (χ3n) is 2.54. The Morgan fingerprint density at radius 1 is 1.31 bits per heavy atom. The van der Waals surface area contributed by atoms with Crippen LogP contribution >= 0.6 is 11.6 Å². The third-order valence-corrected chi connectivity index (χ3v) is 2.73. The first-order valence-corrected chi connectivity index (χ1v) is 5.84. The predicted octanol–water partition coefficient (Wildman–Crippen LogP) is 2.05. The summed E-state index contributed by atoms with van der Waals surface area (Å²) in [6, 6.07) is 1.80. The molecule has 0 radical (unpaired) electrons. The van der Waals surface area contributed by atoms with E-state index in [1.807, 2.05) is 6.92 Å². The number of hydrogen-bond donors (Lipinski definition) is 0. The minimum Gasteiger partial charge on any atom is -0.372 e. The number of anilines is 1. The molecule has 0 bridgehead atoms. The summed E-state index contributed by atoms with van der Waals surface area (Å²) in [5, 5.41) is 0.495. The van der Waals surface area contributed by atoms with Crippen LogP contribution in [0, 0.1) is 6.92 Å². The molecule has 1 fully saturated rings. The standard InChI is InChI=1S/C11H16ClN3O/c1-7-5-15(6-8(2)16-7)11-4-10(12)13-9(3)14-11/h4,7-8H,5-6H2,1-3H3/t7-,8-/m1/s1. The van der Waals surface area contributed by atoms with Gasteiger partial charge in [-0.3, -0.25) is 0 Å². The second-order valence-corrected chi connectivity index (χ2v) is 4.65. The fourth-order valence-corrected chi connectivity index (χ4v) is 2.26. The van der Waals surface area contributed by atoms with E-state index in [0.29, 0.717) is 11.0 Å². The highest BCUT2D eigenvalue weighted by molar-refractivity contribution is 6.29. The number of hydrogen-bond acceptors (Lipinski definition) is 4. The maximum absolute atomic E-state index is 5.93. The van der Waals surface area contributed by atoms with Crippen LogP contribution in [-0.2, 0) is 4.74 Å². The number of aromatic nitrogens is 2. The van der Waals surface area contributed by atoms with Crippen molar-refractivity contribution in [3.05, 3.63) is 17.0 Å². The van der Waals surface area contributed by atoms with Gasteiger partial charge < -0.3 is 9.64 Å². The molecule has 1 aliphatic rings. The van der Waals surface area contributed by atoms with Crippen molar-refractivity contribution >= 4 is 17.4 Å². The Labute approximate surface area is 101 Å². The molecule has 88 valence electrons. The molecule has 5 heteroatoms. The topological polar surface area (TPSA) is 38.2 Å². The lowest BCUT2D eigenvalue weighted by Crippen LogP contribution is -2.45. The summed E-state index contributed by atoms with van der Waals surface area (Å²) in [6.45, 7) is 7.67. The molecule has 1 aromatic heterocycles. The first kappa shape index (κ1) is 11.6. The third kappa shape index (κ3) is 2.62. The van der Waals surface area contributed by atoms with Gasteiger partial charge in [-0.2, -0.15) is 0 Å². The van der Waals surface area contributed by atoms with Crippen LogP contribution in [0.4, 0.5) is 5.82 Å². The molecule has 2 heterocycles. The molecule has 1 saturated heterocycles. The normalized spacial score (nSPS) is 25.9. The van der Waals surface area contributed by atoms with Crippen LogP contribution in [-0.4, -0.2) is 35.3 Å². The zero-order valence-electron chi connectivity index (χ0n) is 9.77. The van der Waals surface area contributed by atoms with E-state index in [0.717, 1.165) is 18.9 Å². The molecule has 1 aliphatic heterocycles. The molecule has 4 nitrogen and oxygen atoms in total. The van der Waals surface area contributed by atoms with Gasteiger partial charge in [-0.05, 0) is 20.8 Å². The second-order valence-electron chi connectivity index (χ2n) is 4.26. The van der Waals surface area contributed by atoms with Gasteiger partial charge in [-0.25, -0.2) is 9.97 Å². The molecule has 0 amide bonds. The van der Waals surface area contributed by atoms with Gasteiger partial charge >= 0.3 is 0 Å². The summed E-state index contributed by atoms with van der Waals surface area (Å²) in [7, 11) is 0. The lowest BCUT2D eigenvalue weighted by molar-refractivity contribution is -0.00547. The molecule has 0 spiro atoms. The summed E-state index contributed by atoms with van der Waals surface area (Å²) in [5.74, 6) is 1.59. The lowest BCUT2D eigenvalue weighted by Gasteiger charge is -2.36. The Morgan fingerprint density at radius 3 is 2.50 bits per heavy atom. The van der Waals surface area contributed by atoms with Gasteiger partial charge in [0.05, 0.1) is 12.2 Å². The molecule has 2 atom stereocenters. The first-order chi connectivity index (χ1) is 7.54. The number of nitrogens with zero attached hydrogens (tertiary/aromatic N) is 3. The fourth-order valence-electron chi connectivity index (χ4n) is 2.04. The number of halogens is 1. The molecular formula is C11H16ClN3O. The number of aryl methyl sites for hydroxylation is 1. The zero-order valence-corrected chi connectivity index (χ0v) is 10.5. The van der Waals surface area contributed by atoms with Gasteiger partial charge in [-0.1, -0.05) is 11.6 Å². The Kier molecular flexibility index (Phi) is 3.30. The van der Waals surface area contributed by atoms with Crippen molar-refractivity contribution in [1.82, 2.24) is 9.97 Å². The van der Waals surface area contributed by atoms with Crippen molar-refractivity contribution in [3.8, 4) is 0 Å². The van der Waals surface area contributed by atoms with Crippen molar-refractivity contribution < 1.29 is 4.74 Å². The van der Waals surface area contributed by atoms with Crippen LogP contribution in [0.5, 0.6) is 0 Å². The van der Waals surface area contributed by atoms with Crippen molar-refractivity contribution in [2.75, 3.05) is 18.0 Å². The van der Waals surface area contributed by atoms with Gasteiger partial charge in [-0.15, -0.1) is 0 Å². The Bertz CT molecular complexity index is 355. The maximum Gasteiger partial charge on any atom is 0.134 e. The van der Waals surface area contributed by atoms with E-state index in [-0.39, 0.29) is 12.2 Å². The van der Waals surface area contributed by atoms with Crippen molar-refractivity contribution in [2.24, 2.45) is 0 Å². The zero-order chi connectivity index (χ0) is 11.7. The van der Waals surface area contributed by atoms with Crippen molar-refractivity contribution in [2.45, 2.75) is 33.0 Å². The summed E-state index contributed by atoms with van der Waals surface area (Å²) in [4.78, 5) is 10.7. The van der Waals surface area contributed by atoms with Crippen LogP contribution in [0.25, 0.3) is 0 Å². The highest BCUT2D eigenvalue weighted by Crippen LogP contribution is 2.20. The quantitative estimate of drug-likeness (QED) is 0.706. The van der Waals surface area contributed by atoms with Crippen LogP contribution in [0.15, 0.2) is 6.07 Å². The minimum absolute atomic E-state index is 0.220. The van der Waals surface area contributed by atoms with E-state index in [1.165, 1.54) is 0 Å². The second kappa shape index (κ2) is 4.55. The van der Waals surface area contributed by atoms with Gasteiger partial charge in [0.15, 0.2) is 0 Å². The smallest absolute Gasteiger partial charge is 0.134 e. The number of rotatable bonds is 1. The SMILES string of the molecule is Cc1nc(Cl)cc(N2C[C@@H](C)O[C@H](C)C2)n1. The van der Waals surface area contributed by atoms with Gasteiger partial charge in [0.2, 0.25) is 0 Å². The number of ether oxygens (including phenoxy) is 1. The van der Waals surface area contributed by atoms with E-state index in [1.54, 1.807) is 6.07 Å². The van der Waals surface area contributed by atoms with Gasteiger partial charge in [0.25, 0.3) is 0 Å². The molecule has 0 unspecified atom stereocenters. The molecule has 2 rings (SSSR count). The largest absolute Gasteiger partial charge is 0.372 e. The molecule has 16 heavy (non-hydrogen) atoms. The molecule has 0 N–H and O–H groups in total. The molecule has 0 aromatic carbocycles. The number of morpholine rings is 1. The van der Waals surface area contributed by atoms with E-state index < -0.39 is 0 Å². The van der Waals surface area contributed by atoms with Crippen molar-refractivity contribution in [1.29, 1.82) is 0 Å². The highest BCUT2D eigenvalue weighted by Gasteiger charge is 2.23. The highest BCUT2D eigenvalue weighted by atomic mass is 35.5. The van der Waals surface area contributed by atoms with Gasteiger partial charge in [0.1, 0.15) is 16.8 Å². The van der Waals surface area contributed by atoms with E-state index in [4.69, 9.17) is 16.3 Å².